The predicted molar refractivity (Wildman–Crippen MR) is 68.5 cm³/mol. The Morgan fingerprint density at radius 1 is 1.38 bits per heavy atom. The van der Waals surface area contributed by atoms with Gasteiger partial charge in [-0.2, -0.15) is 0 Å². The Morgan fingerprint density at radius 3 is 2.44 bits per heavy atom. The van der Waals surface area contributed by atoms with Crippen LogP contribution in [0.2, 0.25) is 0 Å². The normalized spacial score (nSPS) is 15.9. The molecular formula is C14H26O2. The van der Waals surface area contributed by atoms with Gasteiger partial charge in [0.1, 0.15) is 0 Å². The van der Waals surface area contributed by atoms with E-state index in [2.05, 4.69) is 33.8 Å². The number of hydrogen-bond acceptors (Lipinski definition) is 1. The Bertz CT molecular complexity index is 243. The quantitative estimate of drug-likeness (QED) is 0.623. The fourth-order valence-corrected chi connectivity index (χ4v) is 1.92. The number of carboxylic acids is 1. The smallest absolute Gasteiger partial charge is 0.303 e. The summed E-state index contributed by atoms with van der Waals surface area (Å²) in [5, 5.41) is 8.86. The van der Waals surface area contributed by atoms with Gasteiger partial charge in [-0.1, -0.05) is 45.3 Å². The number of rotatable bonds is 8. The van der Waals surface area contributed by atoms with E-state index in [-0.39, 0.29) is 11.8 Å². The van der Waals surface area contributed by atoms with Crippen LogP contribution < -0.4 is 0 Å². The largest absolute Gasteiger partial charge is 0.481 e. The number of carbonyl (C=O) groups is 1. The molecule has 0 aliphatic carbocycles. The molecule has 0 rings (SSSR count). The molecule has 2 heteroatoms. The molecule has 0 heterocycles. The van der Waals surface area contributed by atoms with Gasteiger partial charge < -0.3 is 5.11 Å². The minimum absolute atomic E-state index is 0.0468. The molecule has 1 unspecified atom stereocenters. The molecule has 2 nitrogen and oxygen atoms in total. The zero-order valence-electron chi connectivity index (χ0n) is 11.2. The lowest BCUT2D eigenvalue weighted by Gasteiger charge is -2.25. The second-order valence-corrected chi connectivity index (χ2v) is 5.07. The summed E-state index contributed by atoms with van der Waals surface area (Å²) in [6.07, 6.45) is 7.79. The lowest BCUT2D eigenvalue weighted by atomic mass is 9.79. The first-order valence-electron chi connectivity index (χ1n) is 6.31. The highest BCUT2D eigenvalue weighted by Gasteiger charge is 2.24. The minimum atomic E-state index is -0.682. The van der Waals surface area contributed by atoms with Crippen LogP contribution >= 0.6 is 0 Å². The standard InChI is InChI=1S/C14H26O2/c1-5-8-12(3)9-7-10-14(4,6-2)11-13(15)16/h9H,5-8,10-11H2,1-4H3,(H,15,16)/b12-9+. The van der Waals surface area contributed by atoms with Crippen molar-refractivity contribution < 1.29 is 9.90 Å². The second kappa shape index (κ2) is 7.48. The third-order valence-electron chi connectivity index (χ3n) is 3.32. The highest BCUT2D eigenvalue weighted by atomic mass is 16.4. The van der Waals surface area contributed by atoms with Gasteiger partial charge in [-0.3, -0.25) is 4.79 Å². The third kappa shape index (κ3) is 6.65. The van der Waals surface area contributed by atoms with Gasteiger partial charge in [-0.05, 0) is 31.6 Å². The summed E-state index contributed by atoms with van der Waals surface area (Å²) in [7, 11) is 0. The molecule has 0 aliphatic rings. The van der Waals surface area contributed by atoms with Crippen molar-refractivity contribution in [3.05, 3.63) is 11.6 Å². The van der Waals surface area contributed by atoms with Crippen molar-refractivity contribution in [2.75, 3.05) is 0 Å². The molecular weight excluding hydrogens is 200 g/mol. The summed E-state index contributed by atoms with van der Waals surface area (Å²) in [5.41, 5.74) is 1.38. The summed E-state index contributed by atoms with van der Waals surface area (Å²) in [6, 6.07) is 0. The SMILES string of the molecule is CCC/C(C)=C/CCC(C)(CC)CC(=O)O. The van der Waals surface area contributed by atoms with Crippen molar-refractivity contribution in [1.29, 1.82) is 0 Å². The Labute approximate surface area is 99.7 Å². The highest BCUT2D eigenvalue weighted by molar-refractivity contribution is 5.67. The summed E-state index contributed by atoms with van der Waals surface area (Å²) in [4.78, 5) is 10.8. The highest BCUT2D eigenvalue weighted by Crippen LogP contribution is 2.31. The summed E-state index contributed by atoms with van der Waals surface area (Å²) >= 11 is 0. The molecule has 0 spiro atoms. The molecule has 0 bridgehead atoms. The Kier molecular flexibility index (Phi) is 7.11. The van der Waals surface area contributed by atoms with Crippen LogP contribution in [0.25, 0.3) is 0 Å². The van der Waals surface area contributed by atoms with Crippen molar-refractivity contribution in [3.8, 4) is 0 Å². The van der Waals surface area contributed by atoms with Gasteiger partial charge in [0.2, 0.25) is 0 Å². The molecule has 0 aliphatic heterocycles. The molecule has 1 N–H and O–H groups in total. The van der Waals surface area contributed by atoms with E-state index >= 15 is 0 Å². The maximum absolute atomic E-state index is 10.8. The maximum Gasteiger partial charge on any atom is 0.303 e. The molecule has 0 aromatic heterocycles. The van der Waals surface area contributed by atoms with E-state index in [1.807, 2.05) is 0 Å². The molecule has 0 aromatic rings. The van der Waals surface area contributed by atoms with Crippen LogP contribution in [0.4, 0.5) is 0 Å². The second-order valence-electron chi connectivity index (χ2n) is 5.07. The number of allylic oxidation sites excluding steroid dienone is 2. The fraction of sp³-hybridized carbons (Fsp3) is 0.786. The molecule has 0 radical (unpaired) electrons. The van der Waals surface area contributed by atoms with E-state index in [1.165, 1.54) is 12.0 Å². The average molecular weight is 226 g/mol. The van der Waals surface area contributed by atoms with E-state index in [9.17, 15) is 4.79 Å². The zero-order valence-corrected chi connectivity index (χ0v) is 11.2. The maximum atomic E-state index is 10.8. The monoisotopic (exact) mass is 226 g/mol. The first kappa shape index (κ1) is 15.2. The lowest BCUT2D eigenvalue weighted by molar-refractivity contribution is -0.139. The molecule has 16 heavy (non-hydrogen) atoms. The van der Waals surface area contributed by atoms with Gasteiger partial charge in [0, 0.05) is 0 Å². The van der Waals surface area contributed by atoms with E-state index in [0.717, 1.165) is 25.7 Å². The fourth-order valence-electron chi connectivity index (χ4n) is 1.92. The van der Waals surface area contributed by atoms with Crippen LogP contribution in [0.3, 0.4) is 0 Å². The Balaban J connectivity index is 4.13. The summed E-state index contributed by atoms with van der Waals surface area (Å²) in [5.74, 6) is -0.682. The average Bonchev–Trinajstić information content (AvgIpc) is 2.17. The molecule has 0 saturated carbocycles. The number of carboxylic acid groups (broad SMARTS) is 1. The van der Waals surface area contributed by atoms with Gasteiger partial charge in [-0.15, -0.1) is 0 Å². The topological polar surface area (TPSA) is 37.3 Å². The van der Waals surface area contributed by atoms with Gasteiger partial charge in [-0.25, -0.2) is 0 Å². The van der Waals surface area contributed by atoms with Crippen molar-refractivity contribution in [2.45, 2.75) is 66.2 Å². The predicted octanol–water partition coefficient (Wildman–Crippen LogP) is 4.40. The lowest BCUT2D eigenvalue weighted by Crippen LogP contribution is -2.19. The van der Waals surface area contributed by atoms with Gasteiger partial charge >= 0.3 is 5.97 Å². The Hall–Kier alpha value is -0.790. The summed E-state index contributed by atoms with van der Waals surface area (Å²) < 4.78 is 0. The van der Waals surface area contributed by atoms with Crippen molar-refractivity contribution in [3.63, 3.8) is 0 Å². The minimum Gasteiger partial charge on any atom is -0.481 e. The van der Waals surface area contributed by atoms with Crippen molar-refractivity contribution in [1.82, 2.24) is 0 Å². The van der Waals surface area contributed by atoms with Crippen LogP contribution in [-0.2, 0) is 4.79 Å². The number of aliphatic carboxylic acids is 1. The first-order chi connectivity index (χ1) is 7.43. The number of hydrogen-bond donors (Lipinski definition) is 1. The molecule has 0 amide bonds. The van der Waals surface area contributed by atoms with E-state index < -0.39 is 5.97 Å². The molecule has 0 aromatic carbocycles. The van der Waals surface area contributed by atoms with Gasteiger partial charge in [0.15, 0.2) is 0 Å². The zero-order chi connectivity index (χ0) is 12.6. The van der Waals surface area contributed by atoms with Crippen molar-refractivity contribution in [2.24, 2.45) is 5.41 Å². The molecule has 0 fully saturated rings. The first-order valence-corrected chi connectivity index (χ1v) is 6.31. The van der Waals surface area contributed by atoms with Crippen LogP contribution in [0, 0.1) is 5.41 Å². The molecule has 94 valence electrons. The van der Waals surface area contributed by atoms with Gasteiger partial charge in [0.25, 0.3) is 0 Å². The van der Waals surface area contributed by atoms with E-state index in [1.54, 1.807) is 0 Å². The van der Waals surface area contributed by atoms with Crippen molar-refractivity contribution >= 4 is 5.97 Å². The van der Waals surface area contributed by atoms with Crippen LogP contribution in [0.15, 0.2) is 11.6 Å². The summed E-state index contributed by atoms with van der Waals surface area (Å²) in [6.45, 7) is 8.48. The van der Waals surface area contributed by atoms with Crippen LogP contribution in [-0.4, -0.2) is 11.1 Å². The molecule has 0 saturated heterocycles. The Morgan fingerprint density at radius 2 is 2.00 bits per heavy atom. The van der Waals surface area contributed by atoms with Crippen LogP contribution in [0.5, 0.6) is 0 Å². The third-order valence-corrected chi connectivity index (χ3v) is 3.32. The molecule has 1 atom stereocenters. The van der Waals surface area contributed by atoms with Gasteiger partial charge in [0.05, 0.1) is 6.42 Å². The van der Waals surface area contributed by atoms with E-state index in [4.69, 9.17) is 5.11 Å². The van der Waals surface area contributed by atoms with E-state index in [0.29, 0.717) is 0 Å². The van der Waals surface area contributed by atoms with Crippen LogP contribution in [0.1, 0.15) is 66.2 Å².